The molecule has 0 spiro atoms. The number of fused-ring (bicyclic) bond motifs is 1. The van der Waals surface area contributed by atoms with Gasteiger partial charge in [0, 0.05) is 35.4 Å². The number of nitriles is 1. The molecule has 0 fully saturated rings. The average Bonchev–Trinajstić information content (AvgIpc) is 3.01. The molecule has 0 unspecified atom stereocenters. The lowest BCUT2D eigenvalue weighted by Crippen LogP contribution is -2.28. The number of hydrogen-bond donors (Lipinski definition) is 0. The minimum atomic E-state index is -5.92. The normalized spacial score (nSPS) is 12.1. The van der Waals surface area contributed by atoms with Gasteiger partial charge < -0.3 is 8.58 Å². The summed E-state index contributed by atoms with van der Waals surface area (Å²) < 4.78 is 65.5. The van der Waals surface area contributed by atoms with Gasteiger partial charge in [0.05, 0.1) is 0 Å². The van der Waals surface area contributed by atoms with Crippen molar-refractivity contribution in [3.8, 4) is 23.1 Å². The van der Waals surface area contributed by atoms with Gasteiger partial charge >= 0.3 is 15.6 Å². The zero-order valence-electron chi connectivity index (χ0n) is 13.0. The molecule has 3 rings (SSSR count). The molecule has 3 heterocycles. The van der Waals surface area contributed by atoms with Crippen molar-refractivity contribution in [1.29, 1.82) is 5.26 Å². The van der Waals surface area contributed by atoms with E-state index in [4.69, 9.17) is 5.26 Å². The number of rotatable bonds is 3. The summed E-state index contributed by atoms with van der Waals surface area (Å²) in [4.78, 5) is 7.83. The first-order valence-corrected chi connectivity index (χ1v) is 8.39. The van der Waals surface area contributed by atoms with E-state index in [2.05, 4.69) is 14.2 Å². The number of imidazole rings is 1. The van der Waals surface area contributed by atoms with Gasteiger partial charge in [-0.15, -0.1) is 0 Å². The van der Waals surface area contributed by atoms with Crippen LogP contribution in [0.4, 0.5) is 13.2 Å². The number of aryl methyl sites for hydroxylation is 1. The molecule has 26 heavy (non-hydrogen) atoms. The lowest BCUT2D eigenvalue weighted by molar-refractivity contribution is -0.0501. The molecule has 0 aliphatic rings. The quantitative estimate of drug-likeness (QED) is 0.510. The highest BCUT2D eigenvalue weighted by atomic mass is 32.2. The highest BCUT2D eigenvalue weighted by molar-refractivity contribution is 7.87. The Morgan fingerprint density at radius 1 is 1.31 bits per heavy atom. The maximum Gasteiger partial charge on any atom is 0.534 e. The molecule has 0 aliphatic carbocycles. The molecule has 0 bridgehead atoms. The second kappa shape index (κ2) is 5.99. The van der Waals surface area contributed by atoms with Crippen LogP contribution in [0.5, 0.6) is 5.88 Å². The SMILES string of the molecule is Cc1nc(OS(=O)(=O)C(F)(F)F)c(C#N)cc1-c1ccc2nccn2c1. The monoisotopic (exact) mass is 382 g/mol. The lowest BCUT2D eigenvalue weighted by Gasteiger charge is -2.12. The minimum Gasteiger partial charge on any atom is -0.354 e. The predicted molar refractivity (Wildman–Crippen MR) is 83.5 cm³/mol. The van der Waals surface area contributed by atoms with Crippen LogP contribution in [-0.2, 0) is 10.1 Å². The van der Waals surface area contributed by atoms with E-state index in [0.29, 0.717) is 16.8 Å². The summed E-state index contributed by atoms with van der Waals surface area (Å²) in [6, 6.07) is 6.23. The highest BCUT2D eigenvalue weighted by Gasteiger charge is 2.49. The summed E-state index contributed by atoms with van der Waals surface area (Å²) >= 11 is 0. The Morgan fingerprint density at radius 3 is 2.69 bits per heavy atom. The van der Waals surface area contributed by atoms with Crippen molar-refractivity contribution in [3.63, 3.8) is 0 Å². The van der Waals surface area contributed by atoms with E-state index in [1.54, 1.807) is 41.2 Å². The van der Waals surface area contributed by atoms with Crippen LogP contribution in [0.15, 0.2) is 36.8 Å². The van der Waals surface area contributed by atoms with Crippen molar-refractivity contribution in [2.75, 3.05) is 0 Å². The Morgan fingerprint density at radius 2 is 2.04 bits per heavy atom. The van der Waals surface area contributed by atoms with Crippen molar-refractivity contribution in [2.45, 2.75) is 12.4 Å². The molecule has 0 atom stereocenters. The molecule has 7 nitrogen and oxygen atoms in total. The molecule has 0 amide bonds. The molecule has 0 saturated heterocycles. The fourth-order valence-corrected chi connectivity index (χ4v) is 2.68. The third-order valence-electron chi connectivity index (χ3n) is 3.47. The zero-order valence-corrected chi connectivity index (χ0v) is 13.8. The van der Waals surface area contributed by atoms with Gasteiger partial charge in [-0.05, 0) is 25.1 Å². The second-order valence-electron chi connectivity index (χ2n) is 5.18. The van der Waals surface area contributed by atoms with Crippen LogP contribution in [-0.4, -0.2) is 28.3 Å². The summed E-state index contributed by atoms with van der Waals surface area (Å²) in [6.45, 7) is 1.46. The summed E-state index contributed by atoms with van der Waals surface area (Å²) in [5, 5.41) is 9.16. The maximum atomic E-state index is 12.5. The number of aromatic nitrogens is 3. The van der Waals surface area contributed by atoms with Crippen LogP contribution < -0.4 is 4.18 Å². The van der Waals surface area contributed by atoms with Crippen molar-refractivity contribution in [1.82, 2.24) is 14.4 Å². The van der Waals surface area contributed by atoms with Gasteiger partial charge in [-0.2, -0.15) is 26.9 Å². The van der Waals surface area contributed by atoms with Gasteiger partial charge in [0.15, 0.2) is 0 Å². The van der Waals surface area contributed by atoms with Gasteiger partial charge in [-0.3, -0.25) is 0 Å². The zero-order chi connectivity index (χ0) is 19.1. The van der Waals surface area contributed by atoms with Gasteiger partial charge in [0.1, 0.15) is 17.3 Å². The van der Waals surface area contributed by atoms with Crippen LogP contribution in [0.3, 0.4) is 0 Å². The Bertz CT molecular complexity index is 1150. The fourth-order valence-electron chi connectivity index (χ4n) is 2.25. The van der Waals surface area contributed by atoms with E-state index >= 15 is 0 Å². The van der Waals surface area contributed by atoms with Crippen LogP contribution in [0.25, 0.3) is 16.8 Å². The number of nitrogens with zero attached hydrogens (tertiary/aromatic N) is 4. The minimum absolute atomic E-state index is 0.191. The summed E-state index contributed by atoms with van der Waals surface area (Å²) in [6.07, 6.45) is 4.98. The third kappa shape index (κ3) is 3.06. The third-order valence-corrected chi connectivity index (χ3v) is 4.41. The summed E-state index contributed by atoms with van der Waals surface area (Å²) in [5.41, 5.74) is -4.15. The Labute approximate surface area is 145 Å². The van der Waals surface area contributed by atoms with Crippen LogP contribution in [0.1, 0.15) is 11.3 Å². The van der Waals surface area contributed by atoms with E-state index in [0.717, 1.165) is 0 Å². The maximum absolute atomic E-state index is 12.5. The first kappa shape index (κ1) is 17.7. The van der Waals surface area contributed by atoms with E-state index in [9.17, 15) is 21.6 Å². The number of pyridine rings is 2. The first-order valence-electron chi connectivity index (χ1n) is 6.98. The molecule has 0 aromatic carbocycles. The van der Waals surface area contributed by atoms with Gasteiger partial charge in [0.2, 0.25) is 0 Å². The van der Waals surface area contributed by atoms with E-state index < -0.39 is 27.1 Å². The number of alkyl halides is 3. The molecule has 0 aliphatic heterocycles. The summed E-state index contributed by atoms with van der Waals surface area (Å²) in [7, 11) is -5.92. The molecular formula is C15H9F3N4O3S. The van der Waals surface area contributed by atoms with E-state index in [1.165, 1.54) is 13.0 Å². The highest BCUT2D eigenvalue weighted by Crippen LogP contribution is 2.31. The average molecular weight is 382 g/mol. The number of hydrogen-bond acceptors (Lipinski definition) is 6. The summed E-state index contributed by atoms with van der Waals surface area (Å²) in [5.74, 6) is -0.921. The number of halogens is 3. The standard InChI is InChI=1S/C15H9F3N4O3S/c1-9-12(10-2-3-13-20-4-5-22(13)8-10)6-11(7-19)14(21-9)25-26(23,24)15(16,17)18/h2-6,8H,1H3. The van der Waals surface area contributed by atoms with E-state index in [1.807, 2.05) is 0 Å². The van der Waals surface area contributed by atoms with Crippen LogP contribution in [0.2, 0.25) is 0 Å². The van der Waals surface area contributed by atoms with Crippen molar-refractivity contribution < 1.29 is 25.8 Å². The van der Waals surface area contributed by atoms with Crippen molar-refractivity contribution in [2.24, 2.45) is 0 Å². The lowest BCUT2D eigenvalue weighted by atomic mass is 10.0. The molecular weight excluding hydrogens is 373 g/mol. The van der Waals surface area contributed by atoms with Crippen LogP contribution in [0, 0.1) is 18.3 Å². The second-order valence-corrected chi connectivity index (χ2v) is 6.72. The topological polar surface area (TPSA) is 97.3 Å². The molecule has 3 aromatic rings. The van der Waals surface area contributed by atoms with Crippen molar-refractivity contribution in [3.05, 3.63) is 48.0 Å². The predicted octanol–water partition coefficient (Wildman–Crippen LogP) is 2.80. The molecule has 11 heteroatoms. The van der Waals surface area contributed by atoms with Gasteiger partial charge in [-0.1, -0.05) is 0 Å². The van der Waals surface area contributed by atoms with Crippen LogP contribution >= 0.6 is 0 Å². The Hall–Kier alpha value is -3.13. The molecule has 0 radical (unpaired) electrons. The molecule has 3 aromatic heterocycles. The molecule has 0 N–H and O–H groups in total. The molecule has 134 valence electrons. The Kier molecular flexibility index (Phi) is 4.08. The molecule has 0 saturated carbocycles. The smallest absolute Gasteiger partial charge is 0.354 e. The van der Waals surface area contributed by atoms with Gasteiger partial charge in [-0.25, -0.2) is 9.97 Å². The first-order chi connectivity index (χ1) is 12.1. The fraction of sp³-hybridized carbons (Fsp3) is 0.133. The Balaban J connectivity index is 2.09. The van der Waals surface area contributed by atoms with E-state index in [-0.39, 0.29) is 5.69 Å². The van der Waals surface area contributed by atoms with Crippen molar-refractivity contribution >= 4 is 15.8 Å². The largest absolute Gasteiger partial charge is 0.534 e. The van der Waals surface area contributed by atoms with Gasteiger partial charge in [0.25, 0.3) is 5.88 Å².